The second kappa shape index (κ2) is 7.56. The van der Waals surface area contributed by atoms with Gasteiger partial charge in [-0.25, -0.2) is 9.78 Å². The number of aliphatic hydroxyl groups is 1. The first-order valence-electron chi connectivity index (χ1n) is 9.96. The molecule has 1 fully saturated rings. The number of carbonyl (C=O) groups excluding carboxylic acids is 1. The monoisotopic (exact) mass is 411 g/mol. The van der Waals surface area contributed by atoms with Gasteiger partial charge in [0.15, 0.2) is 0 Å². The number of nitrogens with zero attached hydrogens (tertiary/aromatic N) is 3. The molecule has 0 aliphatic carbocycles. The molecule has 3 N–H and O–H groups in total. The number of fused-ring (bicyclic) bond motifs is 1. The standard InChI is InChI=1S/C21H25N5O4/c1-11-6-12(2)19-14(7-11)22-17(23-19)4-5-18(28)25-9-15(16(27)10-25)26-8-13(3)20(29)24-21(26)30/h6-8,15-16,27H,4-5,9-10H2,1-3H3,(H,22,23)(H,24,29,30)/t15-,16-/m1/s1. The summed E-state index contributed by atoms with van der Waals surface area (Å²) < 4.78 is 1.30. The van der Waals surface area contributed by atoms with Crippen molar-refractivity contribution >= 4 is 16.9 Å². The number of aryl methyl sites for hydroxylation is 4. The molecule has 3 heterocycles. The van der Waals surface area contributed by atoms with E-state index in [4.69, 9.17) is 0 Å². The minimum atomic E-state index is -0.881. The maximum absolute atomic E-state index is 12.7. The maximum atomic E-state index is 12.7. The van der Waals surface area contributed by atoms with Gasteiger partial charge in [0.25, 0.3) is 5.56 Å². The quantitative estimate of drug-likeness (QED) is 0.583. The molecule has 9 nitrogen and oxygen atoms in total. The molecule has 158 valence electrons. The number of H-pyrrole nitrogens is 2. The van der Waals surface area contributed by atoms with Crippen molar-refractivity contribution in [2.45, 2.75) is 45.8 Å². The van der Waals surface area contributed by atoms with E-state index in [-0.39, 0.29) is 25.4 Å². The van der Waals surface area contributed by atoms with Crippen molar-refractivity contribution in [3.63, 3.8) is 0 Å². The Morgan fingerprint density at radius 3 is 2.70 bits per heavy atom. The van der Waals surface area contributed by atoms with E-state index in [0.717, 1.165) is 28.0 Å². The Morgan fingerprint density at radius 2 is 1.93 bits per heavy atom. The molecule has 1 aromatic carbocycles. The van der Waals surface area contributed by atoms with Crippen LogP contribution in [-0.4, -0.2) is 54.6 Å². The van der Waals surface area contributed by atoms with E-state index in [0.29, 0.717) is 12.0 Å². The molecule has 1 aliphatic rings. The van der Waals surface area contributed by atoms with Gasteiger partial charge in [-0.3, -0.25) is 19.1 Å². The summed E-state index contributed by atoms with van der Waals surface area (Å²) in [6.45, 7) is 5.99. The molecule has 1 saturated heterocycles. The molecule has 0 spiro atoms. The molecule has 3 aromatic rings. The number of rotatable bonds is 4. The van der Waals surface area contributed by atoms with Gasteiger partial charge < -0.3 is 15.0 Å². The van der Waals surface area contributed by atoms with E-state index in [9.17, 15) is 19.5 Å². The van der Waals surface area contributed by atoms with Crippen molar-refractivity contribution in [1.82, 2.24) is 24.4 Å². The third-order valence-corrected chi connectivity index (χ3v) is 5.66. The first-order valence-corrected chi connectivity index (χ1v) is 9.96. The lowest BCUT2D eigenvalue weighted by atomic mass is 10.1. The number of likely N-dealkylation sites (tertiary alicyclic amines) is 1. The fourth-order valence-corrected chi connectivity index (χ4v) is 4.10. The molecular weight excluding hydrogens is 386 g/mol. The number of aliphatic hydroxyl groups excluding tert-OH is 1. The van der Waals surface area contributed by atoms with E-state index in [1.54, 1.807) is 11.8 Å². The molecule has 0 unspecified atom stereocenters. The number of aromatic amines is 2. The number of amides is 1. The molecular formula is C21H25N5O4. The zero-order chi connectivity index (χ0) is 21.6. The Hall–Kier alpha value is -3.20. The van der Waals surface area contributed by atoms with Crippen LogP contribution in [0, 0.1) is 20.8 Å². The van der Waals surface area contributed by atoms with Crippen LogP contribution in [0.15, 0.2) is 27.9 Å². The first-order chi connectivity index (χ1) is 14.2. The summed E-state index contributed by atoms with van der Waals surface area (Å²) in [6, 6.07) is 3.52. The number of benzene rings is 1. The van der Waals surface area contributed by atoms with Crippen LogP contribution in [0.5, 0.6) is 0 Å². The second-order valence-electron chi connectivity index (χ2n) is 8.07. The zero-order valence-electron chi connectivity index (χ0n) is 17.2. The predicted octanol–water partition coefficient (Wildman–Crippen LogP) is 0.715. The van der Waals surface area contributed by atoms with Crippen LogP contribution in [0.25, 0.3) is 11.0 Å². The van der Waals surface area contributed by atoms with Crippen LogP contribution in [0.4, 0.5) is 0 Å². The molecule has 0 saturated carbocycles. The van der Waals surface area contributed by atoms with Crippen molar-refractivity contribution in [2.24, 2.45) is 0 Å². The van der Waals surface area contributed by atoms with E-state index < -0.39 is 23.4 Å². The van der Waals surface area contributed by atoms with Crippen molar-refractivity contribution < 1.29 is 9.90 Å². The van der Waals surface area contributed by atoms with Gasteiger partial charge >= 0.3 is 5.69 Å². The first kappa shape index (κ1) is 20.1. The lowest BCUT2D eigenvalue weighted by molar-refractivity contribution is -0.130. The Kier molecular flexibility index (Phi) is 5.07. The van der Waals surface area contributed by atoms with E-state index in [2.05, 4.69) is 21.0 Å². The van der Waals surface area contributed by atoms with Crippen LogP contribution in [0.1, 0.15) is 35.0 Å². The fourth-order valence-electron chi connectivity index (χ4n) is 4.10. The Morgan fingerprint density at radius 1 is 1.17 bits per heavy atom. The summed E-state index contributed by atoms with van der Waals surface area (Å²) in [7, 11) is 0. The van der Waals surface area contributed by atoms with Crippen molar-refractivity contribution in [3.05, 3.63) is 61.7 Å². The summed E-state index contributed by atoms with van der Waals surface area (Å²) in [5.74, 6) is 0.634. The molecule has 1 amide bonds. The number of hydrogen-bond acceptors (Lipinski definition) is 5. The third kappa shape index (κ3) is 3.68. The van der Waals surface area contributed by atoms with E-state index >= 15 is 0 Å². The molecule has 0 radical (unpaired) electrons. The smallest absolute Gasteiger partial charge is 0.328 e. The van der Waals surface area contributed by atoms with Gasteiger partial charge in [0.1, 0.15) is 5.82 Å². The topological polar surface area (TPSA) is 124 Å². The zero-order valence-corrected chi connectivity index (χ0v) is 17.2. The number of nitrogens with one attached hydrogen (secondary N) is 2. The van der Waals surface area contributed by atoms with Crippen molar-refractivity contribution in [2.75, 3.05) is 13.1 Å². The summed E-state index contributed by atoms with van der Waals surface area (Å²) in [5, 5.41) is 10.4. The van der Waals surface area contributed by atoms with Crippen LogP contribution in [0.2, 0.25) is 0 Å². The van der Waals surface area contributed by atoms with Gasteiger partial charge in [0.2, 0.25) is 5.91 Å². The molecule has 1 aliphatic heterocycles. The summed E-state index contributed by atoms with van der Waals surface area (Å²) in [6.07, 6.45) is 1.26. The highest BCUT2D eigenvalue weighted by Gasteiger charge is 2.35. The number of β-amino-alcohol motifs (C(OH)–C–C–N with tert-alkyl or cyclic N) is 1. The van der Waals surface area contributed by atoms with Gasteiger partial charge in [0, 0.05) is 37.7 Å². The molecule has 4 rings (SSSR count). The highest BCUT2D eigenvalue weighted by atomic mass is 16.3. The van der Waals surface area contributed by atoms with Crippen LogP contribution >= 0.6 is 0 Å². The predicted molar refractivity (Wildman–Crippen MR) is 112 cm³/mol. The van der Waals surface area contributed by atoms with Gasteiger partial charge in [-0.2, -0.15) is 0 Å². The Balaban J connectivity index is 1.45. The molecule has 30 heavy (non-hydrogen) atoms. The molecule has 2 aromatic heterocycles. The van der Waals surface area contributed by atoms with Crippen LogP contribution in [0.3, 0.4) is 0 Å². The highest BCUT2D eigenvalue weighted by molar-refractivity contribution is 5.80. The van der Waals surface area contributed by atoms with E-state index in [1.807, 2.05) is 19.9 Å². The van der Waals surface area contributed by atoms with Crippen LogP contribution < -0.4 is 11.2 Å². The summed E-state index contributed by atoms with van der Waals surface area (Å²) in [4.78, 5) is 48.1. The summed E-state index contributed by atoms with van der Waals surface area (Å²) in [5.41, 5.74) is 3.45. The number of hydrogen-bond donors (Lipinski definition) is 3. The number of carbonyl (C=O) groups is 1. The van der Waals surface area contributed by atoms with Crippen LogP contribution in [-0.2, 0) is 11.2 Å². The number of aromatic nitrogens is 4. The minimum absolute atomic E-state index is 0.112. The fraction of sp³-hybridized carbons (Fsp3) is 0.429. The SMILES string of the molecule is Cc1cc(C)c2nc(CCC(=O)N3C[C@@H](O)[C@H](n4cc(C)c(=O)[nH]c4=O)C3)[nH]c2c1. The average Bonchev–Trinajstić information content (AvgIpc) is 3.26. The second-order valence-corrected chi connectivity index (χ2v) is 8.07. The largest absolute Gasteiger partial charge is 0.389 e. The summed E-state index contributed by atoms with van der Waals surface area (Å²) >= 11 is 0. The highest BCUT2D eigenvalue weighted by Crippen LogP contribution is 2.23. The Labute approximate surface area is 172 Å². The normalized spacial score (nSPS) is 19.0. The lowest BCUT2D eigenvalue weighted by Gasteiger charge is -2.17. The van der Waals surface area contributed by atoms with Gasteiger partial charge in [-0.1, -0.05) is 6.07 Å². The van der Waals surface area contributed by atoms with Crippen molar-refractivity contribution in [3.8, 4) is 0 Å². The Bertz CT molecular complexity index is 1240. The van der Waals surface area contributed by atoms with Gasteiger partial charge in [-0.05, 0) is 38.0 Å². The van der Waals surface area contributed by atoms with Gasteiger partial charge in [0.05, 0.1) is 23.2 Å². The third-order valence-electron chi connectivity index (χ3n) is 5.66. The molecule has 2 atom stereocenters. The van der Waals surface area contributed by atoms with E-state index in [1.165, 1.54) is 10.8 Å². The molecule has 9 heteroatoms. The number of imidazole rings is 1. The van der Waals surface area contributed by atoms with Gasteiger partial charge in [-0.15, -0.1) is 0 Å². The maximum Gasteiger partial charge on any atom is 0.328 e. The average molecular weight is 411 g/mol. The molecule has 0 bridgehead atoms. The van der Waals surface area contributed by atoms with Crippen molar-refractivity contribution in [1.29, 1.82) is 0 Å². The minimum Gasteiger partial charge on any atom is -0.389 e. The lowest BCUT2D eigenvalue weighted by Crippen LogP contribution is -2.37.